The Morgan fingerprint density at radius 1 is 1.64 bits per heavy atom. The average molecular weight is 181 g/mol. The van der Waals surface area contributed by atoms with Crippen molar-refractivity contribution in [2.24, 2.45) is 0 Å². The zero-order valence-electron chi connectivity index (χ0n) is 7.19. The second-order valence-corrected chi connectivity index (χ2v) is 2.08. The first-order valence-electron chi connectivity index (χ1n) is 3.17. The molecule has 0 bridgehead atoms. The highest BCUT2D eigenvalue weighted by Crippen LogP contribution is 1.47. The summed E-state index contributed by atoms with van der Waals surface area (Å²) in [5, 5.41) is 9.14. The van der Waals surface area contributed by atoms with Crippen LogP contribution in [0.3, 0.4) is 0 Å². The Morgan fingerprint density at radius 3 is 1.82 bits per heavy atom. The van der Waals surface area contributed by atoms with Gasteiger partial charge in [-0.15, -0.1) is 0 Å². The zero-order valence-corrected chi connectivity index (χ0v) is 7.94. The molecule has 0 spiro atoms. The molecular formula is C7H15ClNO2-. The molecule has 1 N–H and O–H groups in total. The van der Waals surface area contributed by atoms with Crippen LogP contribution in [0.5, 0.6) is 0 Å². The molecule has 0 aliphatic heterocycles. The average Bonchev–Trinajstić information content (AvgIpc) is 1.89. The summed E-state index contributed by atoms with van der Waals surface area (Å²) in [6.07, 6.45) is 0.722. The van der Waals surface area contributed by atoms with E-state index >= 15 is 0 Å². The third kappa shape index (κ3) is 44.0. The number of carbonyl (C=O) groups is 1. The molecule has 0 radical (unpaired) electrons. The van der Waals surface area contributed by atoms with Crippen molar-refractivity contribution in [2.45, 2.75) is 6.92 Å². The molecule has 0 unspecified atom stereocenters. The van der Waals surface area contributed by atoms with Gasteiger partial charge in [-0.1, -0.05) is 6.58 Å². The first-order valence-corrected chi connectivity index (χ1v) is 3.17. The number of aliphatic carboxylic acids is 1. The van der Waals surface area contributed by atoms with Gasteiger partial charge in [0.15, 0.2) is 0 Å². The van der Waals surface area contributed by atoms with Gasteiger partial charge in [-0.3, -0.25) is 0 Å². The highest BCUT2D eigenvalue weighted by Gasteiger charge is 1.75. The van der Waals surface area contributed by atoms with E-state index in [2.05, 4.69) is 27.6 Å². The van der Waals surface area contributed by atoms with Crippen molar-refractivity contribution in [1.29, 1.82) is 0 Å². The lowest BCUT2D eigenvalue weighted by Crippen LogP contribution is -3.05. The van der Waals surface area contributed by atoms with Gasteiger partial charge in [0.2, 0.25) is 0 Å². The molecule has 0 aromatic heterocycles. The molecule has 0 aliphatic rings. The van der Waals surface area contributed by atoms with E-state index in [0.29, 0.717) is 0 Å². The Labute approximate surface area is 74.1 Å². The van der Waals surface area contributed by atoms with Crippen LogP contribution in [0, 0.1) is 0 Å². The summed E-state index contributed by atoms with van der Waals surface area (Å²) in [4.78, 5) is 10.6. The van der Waals surface area contributed by atoms with Crippen LogP contribution >= 0.6 is 0 Å². The number of rotatable bonds is 2. The summed E-state index contributed by atoms with van der Waals surface area (Å²) >= 11 is 0. The quantitative estimate of drug-likeness (QED) is 0.433. The normalized spacial score (nSPS) is 7.27. The van der Waals surface area contributed by atoms with Crippen molar-refractivity contribution in [2.75, 3.05) is 20.6 Å². The lowest BCUT2D eigenvalue weighted by molar-refractivity contribution is -0.856. The standard InChI is InChI=1S/C4H11N.C3H4O2.ClH/c1-4-5(2)3;1-2-3(4)5;/h4H2,1-3H3;2H,1H2,(H,4,5);1H/p-1. The van der Waals surface area contributed by atoms with E-state index in [9.17, 15) is 0 Å². The third-order valence-electron chi connectivity index (χ3n) is 0.874. The Morgan fingerprint density at radius 2 is 1.82 bits per heavy atom. The van der Waals surface area contributed by atoms with Crippen LogP contribution in [-0.2, 0) is 4.79 Å². The number of hydrogen-bond acceptors (Lipinski definition) is 2. The minimum absolute atomic E-state index is 0. The predicted octanol–water partition coefficient (Wildman–Crippen LogP) is -4.92. The highest BCUT2D eigenvalue weighted by molar-refractivity contribution is 5.76. The molecule has 0 aromatic carbocycles. The first kappa shape index (κ1) is 16.8. The Kier molecular flexibility index (Phi) is 18.6. The van der Waals surface area contributed by atoms with Gasteiger partial charge in [0.25, 0.3) is 0 Å². The molecule has 68 valence electrons. The summed E-state index contributed by atoms with van der Waals surface area (Å²) in [7, 11) is 4.28. The van der Waals surface area contributed by atoms with Crippen LogP contribution < -0.4 is 22.4 Å². The van der Waals surface area contributed by atoms with Gasteiger partial charge in [0.05, 0.1) is 26.6 Å². The van der Waals surface area contributed by atoms with Crippen LogP contribution in [0.2, 0.25) is 0 Å². The monoisotopic (exact) mass is 180 g/mol. The maximum absolute atomic E-state index is 9.14. The minimum Gasteiger partial charge on any atom is -1.00 e. The van der Waals surface area contributed by atoms with Gasteiger partial charge in [-0.05, 0) is 13.0 Å². The van der Waals surface area contributed by atoms with E-state index in [1.54, 1.807) is 0 Å². The van der Waals surface area contributed by atoms with Crippen LogP contribution in [-0.4, -0.2) is 26.6 Å². The summed E-state index contributed by atoms with van der Waals surface area (Å²) in [5.41, 5.74) is 0. The molecule has 0 rings (SSSR count). The fourth-order valence-corrected chi connectivity index (χ4v) is 0. The van der Waals surface area contributed by atoms with Gasteiger partial charge >= 0.3 is 0 Å². The summed E-state index contributed by atoms with van der Waals surface area (Å²) in [6, 6.07) is 0. The van der Waals surface area contributed by atoms with Crippen molar-refractivity contribution >= 4 is 5.97 Å². The first-order chi connectivity index (χ1) is 4.54. The second-order valence-electron chi connectivity index (χ2n) is 2.08. The molecule has 0 atom stereocenters. The van der Waals surface area contributed by atoms with E-state index in [1.165, 1.54) is 11.4 Å². The van der Waals surface area contributed by atoms with E-state index < -0.39 is 5.97 Å². The number of hydrogen-bond donors (Lipinski definition) is 1. The van der Waals surface area contributed by atoms with Crippen LogP contribution in [0.15, 0.2) is 12.7 Å². The fraction of sp³-hybridized carbons (Fsp3) is 0.571. The molecule has 0 saturated heterocycles. The summed E-state index contributed by atoms with van der Waals surface area (Å²) in [6.45, 7) is 6.28. The number of halogens is 1. The van der Waals surface area contributed by atoms with Gasteiger partial charge < -0.3 is 27.2 Å². The minimum atomic E-state index is -1.23. The molecule has 0 saturated carbocycles. The summed E-state index contributed by atoms with van der Waals surface area (Å²) in [5.74, 6) is -1.23. The molecule has 11 heavy (non-hydrogen) atoms. The fourth-order valence-electron chi connectivity index (χ4n) is 0. The molecule has 0 aromatic rings. The van der Waals surface area contributed by atoms with Crippen molar-refractivity contribution in [1.82, 2.24) is 0 Å². The number of carbonyl (C=O) groups excluding carboxylic acids is 1. The van der Waals surface area contributed by atoms with Crippen LogP contribution in [0.4, 0.5) is 0 Å². The lowest BCUT2D eigenvalue weighted by atomic mass is 10.7. The second kappa shape index (κ2) is 12.2. The van der Waals surface area contributed by atoms with E-state index in [1.807, 2.05) is 0 Å². The maximum Gasteiger partial charge on any atom is 0.0738 e. The summed E-state index contributed by atoms with van der Waals surface area (Å²) < 4.78 is 0. The number of nitrogens with one attached hydrogen (secondary N) is 1. The SMILES string of the molecule is C=CC(=O)[O-].CC[NH+](C)C.[Cl-]. The van der Waals surface area contributed by atoms with Crippen molar-refractivity contribution in [3.63, 3.8) is 0 Å². The lowest BCUT2D eigenvalue weighted by Gasteiger charge is -1.97. The van der Waals surface area contributed by atoms with Gasteiger partial charge in [-0.2, -0.15) is 0 Å². The van der Waals surface area contributed by atoms with Crippen molar-refractivity contribution in [3.05, 3.63) is 12.7 Å². The number of carboxylic acids is 1. The zero-order chi connectivity index (χ0) is 8.57. The molecule has 0 amide bonds. The smallest absolute Gasteiger partial charge is 0.0738 e. The topological polar surface area (TPSA) is 44.6 Å². The van der Waals surface area contributed by atoms with Gasteiger partial charge in [-0.25, -0.2) is 0 Å². The molecule has 0 fully saturated rings. The van der Waals surface area contributed by atoms with E-state index in [4.69, 9.17) is 9.90 Å². The Bertz CT molecular complexity index is 105. The Balaban J connectivity index is -0.000000107. The third-order valence-corrected chi connectivity index (χ3v) is 0.874. The molecular weight excluding hydrogens is 166 g/mol. The van der Waals surface area contributed by atoms with Crippen LogP contribution in [0.1, 0.15) is 6.92 Å². The van der Waals surface area contributed by atoms with Crippen LogP contribution in [0.25, 0.3) is 0 Å². The number of carboxylic acid groups (broad SMARTS) is 1. The molecule has 4 heteroatoms. The molecule has 3 nitrogen and oxygen atoms in total. The van der Waals surface area contributed by atoms with Gasteiger partial charge in [0, 0.05) is 0 Å². The van der Waals surface area contributed by atoms with Crippen molar-refractivity contribution < 1.29 is 27.2 Å². The highest BCUT2D eigenvalue weighted by atomic mass is 35.5. The Hall–Kier alpha value is -0.540. The van der Waals surface area contributed by atoms with E-state index in [0.717, 1.165) is 6.08 Å². The van der Waals surface area contributed by atoms with Gasteiger partial charge in [0.1, 0.15) is 0 Å². The molecule has 0 heterocycles. The van der Waals surface area contributed by atoms with Crippen molar-refractivity contribution in [3.8, 4) is 0 Å². The maximum atomic E-state index is 9.14. The largest absolute Gasteiger partial charge is 1.00 e. The number of quaternary nitrogens is 1. The van der Waals surface area contributed by atoms with E-state index in [-0.39, 0.29) is 12.4 Å². The molecule has 0 aliphatic carbocycles. The predicted molar refractivity (Wildman–Crippen MR) is 38.6 cm³/mol.